The van der Waals surface area contributed by atoms with Crippen molar-refractivity contribution in [3.8, 4) is 17.0 Å². The minimum absolute atomic E-state index is 0.00229. The first kappa shape index (κ1) is 31.5. The van der Waals surface area contributed by atoms with Gasteiger partial charge < -0.3 is 25.6 Å². The van der Waals surface area contributed by atoms with Crippen LogP contribution in [0.4, 0.5) is 13.2 Å². The first-order chi connectivity index (χ1) is 21.8. The van der Waals surface area contributed by atoms with Crippen LogP contribution in [0.2, 0.25) is 5.02 Å². The van der Waals surface area contributed by atoms with Crippen LogP contribution in [0.15, 0.2) is 71.2 Å². The number of rotatable bonds is 11. The van der Waals surface area contributed by atoms with Crippen LogP contribution >= 0.6 is 11.6 Å². The highest BCUT2D eigenvalue weighted by Crippen LogP contribution is 2.48. The lowest BCUT2D eigenvalue weighted by atomic mass is 9.81. The lowest BCUT2D eigenvalue weighted by Crippen LogP contribution is -2.82. The maximum atomic E-state index is 15.3. The summed E-state index contributed by atoms with van der Waals surface area (Å²) in [4.78, 5) is 30.7. The number of alkyl halides is 2. The second-order valence-electron chi connectivity index (χ2n) is 11.7. The van der Waals surface area contributed by atoms with Crippen LogP contribution in [-0.4, -0.2) is 53.4 Å². The minimum atomic E-state index is -2.77. The standard InChI is InChI=1S/C32H29ClF3N5O5/c1-31(29(38)43)14-45-27-20(31)11-23(41-26(27)19-3-2-4-21(33)24(19)34)32(44,17-5-6-17)13-40-28(42)15-9-16(12-39-30(35)36)25(37)22(10-15)46-18-7-8-18/h2-5,9-12,18,30,37,39,44H,6-8,13-14H2,1H3,(H2,38,43)(H,40,42)/p+1/b16-12-,37-25?/t31-,32+/m0/s1. The van der Waals surface area contributed by atoms with Crippen LogP contribution in [0.1, 0.15) is 37.4 Å². The summed E-state index contributed by atoms with van der Waals surface area (Å²) in [7, 11) is 0. The van der Waals surface area contributed by atoms with E-state index in [4.69, 9.17) is 32.2 Å². The molecule has 0 saturated heterocycles. The van der Waals surface area contributed by atoms with Gasteiger partial charge >= 0.3 is 6.55 Å². The number of nitrogens with one attached hydrogen (secondary N) is 2. The zero-order chi connectivity index (χ0) is 33.0. The van der Waals surface area contributed by atoms with E-state index in [1.165, 1.54) is 36.4 Å². The zero-order valence-electron chi connectivity index (χ0n) is 24.5. The Bertz CT molecular complexity index is 1800. The molecule has 0 bridgehead atoms. The topological polar surface area (TPSA) is 164 Å². The summed E-state index contributed by atoms with van der Waals surface area (Å²) < 4.78 is 52.7. The lowest BCUT2D eigenvalue weighted by Gasteiger charge is -2.29. The Morgan fingerprint density at radius 1 is 1.37 bits per heavy atom. The number of halogens is 4. The van der Waals surface area contributed by atoms with Crippen molar-refractivity contribution in [2.75, 3.05) is 13.2 Å². The smallest absolute Gasteiger partial charge is 0.382 e. The molecule has 14 heteroatoms. The molecule has 2 heterocycles. The normalized spacial score (nSPS) is 22.4. The van der Waals surface area contributed by atoms with E-state index >= 15 is 4.39 Å². The van der Waals surface area contributed by atoms with Gasteiger partial charge in [0.25, 0.3) is 5.91 Å². The van der Waals surface area contributed by atoms with Crippen LogP contribution in [0, 0.1) is 11.2 Å². The molecule has 1 fully saturated rings. The number of primary amides is 1. The van der Waals surface area contributed by atoms with Gasteiger partial charge in [0.15, 0.2) is 5.82 Å². The highest BCUT2D eigenvalue weighted by molar-refractivity contribution is 6.31. The van der Waals surface area contributed by atoms with Gasteiger partial charge in [0.2, 0.25) is 5.91 Å². The summed E-state index contributed by atoms with van der Waals surface area (Å²) in [5.74, 6) is -1.98. The Balaban J connectivity index is 1.37. The van der Waals surface area contributed by atoms with Gasteiger partial charge in [-0.25, -0.2) is 9.37 Å². The van der Waals surface area contributed by atoms with Crippen LogP contribution in [-0.2, 0) is 25.3 Å². The molecule has 0 radical (unpaired) electrons. The molecule has 1 aliphatic heterocycles. The average molecular weight is 657 g/mol. The molecule has 10 nitrogen and oxygen atoms in total. The Labute approximate surface area is 266 Å². The molecular weight excluding hydrogens is 627 g/mol. The second kappa shape index (κ2) is 11.7. The van der Waals surface area contributed by atoms with Crippen molar-refractivity contribution >= 4 is 29.1 Å². The van der Waals surface area contributed by atoms with Crippen LogP contribution < -0.4 is 21.1 Å². The van der Waals surface area contributed by atoms with Crippen LogP contribution in [0.3, 0.4) is 0 Å². The Morgan fingerprint density at radius 3 is 2.76 bits per heavy atom. The van der Waals surface area contributed by atoms with E-state index in [0.29, 0.717) is 17.3 Å². The number of pyridine rings is 1. The molecule has 0 unspecified atom stereocenters. The Morgan fingerprint density at radius 2 is 2.11 bits per heavy atom. The molecule has 0 spiro atoms. The monoisotopic (exact) mass is 656 g/mol. The van der Waals surface area contributed by atoms with Gasteiger partial charge in [-0.05, 0) is 62.1 Å². The quantitative estimate of drug-likeness (QED) is 0.184. The van der Waals surface area contributed by atoms with E-state index in [1.54, 1.807) is 13.0 Å². The summed E-state index contributed by atoms with van der Waals surface area (Å²) >= 11 is 6.07. The number of aromatic nitrogens is 1. The molecule has 3 aliphatic carbocycles. The molecule has 46 heavy (non-hydrogen) atoms. The molecule has 6 rings (SSSR count). The predicted molar refractivity (Wildman–Crippen MR) is 160 cm³/mol. The van der Waals surface area contributed by atoms with Crippen molar-refractivity contribution in [2.24, 2.45) is 5.73 Å². The highest BCUT2D eigenvalue weighted by Gasteiger charge is 2.47. The Hall–Kier alpha value is -4.46. The first-order valence-corrected chi connectivity index (χ1v) is 14.9. The number of nitrogens with two attached hydrogens (primary N) is 2. The van der Waals surface area contributed by atoms with Crippen molar-refractivity contribution in [3.63, 3.8) is 0 Å². The van der Waals surface area contributed by atoms with E-state index in [9.17, 15) is 23.5 Å². The maximum absolute atomic E-state index is 15.3. The van der Waals surface area contributed by atoms with E-state index in [0.717, 1.165) is 19.0 Å². The highest BCUT2D eigenvalue weighted by atomic mass is 35.5. The summed E-state index contributed by atoms with van der Waals surface area (Å²) in [5.41, 5.74) is 3.22. The van der Waals surface area contributed by atoms with Crippen molar-refractivity contribution in [1.82, 2.24) is 10.3 Å². The van der Waals surface area contributed by atoms with Gasteiger partial charge in [0.1, 0.15) is 46.7 Å². The predicted octanol–water partition coefficient (Wildman–Crippen LogP) is 3.00. The number of fused-ring (bicyclic) bond motifs is 1. The third kappa shape index (κ3) is 5.81. The third-order valence-corrected chi connectivity index (χ3v) is 8.62. The van der Waals surface area contributed by atoms with Crippen LogP contribution in [0.5, 0.6) is 5.75 Å². The molecule has 2 aromatic rings. The van der Waals surface area contributed by atoms with Gasteiger partial charge in [-0.1, -0.05) is 23.7 Å². The fourth-order valence-corrected chi connectivity index (χ4v) is 5.44. The van der Waals surface area contributed by atoms with Crippen molar-refractivity contribution in [1.29, 1.82) is 5.41 Å². The second-order valence-corrected chi connectivity index (χ2v) is 12.2. The van der Waals surface area contributed by atoms with E-state index in [-0.39, 0.29) is 68.6 Å². The lowest BCUT2D eigenvalue weighted by molar-refractivity contribution is -0.681. The number of hydrogen-bond donors (Lipinski definition) is 5. The molecular formula is C32H30ClF3N5O5+. The van der Waals surface area contributed by atoms with Crippen LogP contribution in [0.25, 0.3) is 11.3 Å². The van der Waals surface area contributed by atoms with Gasteiger partial charge in [0, 0.05) is 16.7 Å². The number of carbonyl (C=O) groups is 2. The van der Waals surface area contributed by atoms with Crippen molar-refractivity contribution < 1.29 is 42.7 Å². The summed E-state index contributed by atoms with van der Waals surface area (Å²) in [5, 5.41) is 23.6. The fraction of sp³-hybridized carbons (Fsp3) is 0.312. The number of amides is 2. The molecule has 1 aromatic heterocycles. The molecule has 4 aliphatic rings. The van der Waals surface area contributed by atoms with Gasteiger partial charge in [0.05, 0.1) is 28.9 Å². The first-order valence-electron chi connectivity index (χ1n) is 14.5. The number of ether oxygens (including phenoxy) is 2. The number of hydrogen-bond acceptors (Lipinski definition) is 7. The maximum Gasteiger partial charge on any atom is 0.382 e. The number of allylic oxidation sites excluding steroid dienone is 3. The Kier molecular flexibility index (Phi) is 8.03. The van der Waals surface area contributed by atoms with Crippen molar-refractivity contribution in [3.05, 3.63) is 93.3 Å². The van der Waals surface area contributed by atoms with E-state index in [1.807, 2.05) is 0 Å². The van der Waals surface area contributed by atoms with E-state index < -0.39 is 41.7 Å². The zero-order valence-corrected chi connectivity index (χ0v) is 25.3. The fourth-order valence-electron chi connectivity index (χ4n) is 5.27. The van der Waals surface area contributed by atoms with Gasteiger partial charge in [-0.3, -0.25) is 20.3 Å². The minimum Gasteiger partial charge on any atom is -0.489 e. The number of benzene rings is 1. The molecule has 240 valence electrons. The van der Waals surface area contributed by atoms with Gasteiger partial charge in [-0.2, -0.15) is 8.78 Å². The molecule has 2 atom stereocenters. The number of carbonyl (C=O) groups excluding carboxylic acids is 2. The molecule has 7 N–H and O–H groups in total. The number of aliphatic hydroxyl groups is 1. The summed E-state index contributed by atoms with van der Waals surface area (Å²) in [6, 6.07) is 5.79. The summed E-state index contributed by atoms with van der Waals surface area (Å²) in [6.45, 7) is -1.75. The average Bonchev–Trinajstić information content (AvgIpc) is 3.96. The van der Waals surface area contributed by atoms with E-state index in [2.05, 4.69) is 10.3 Å². The number of quaternary nitrogens is 1. The third-order valence-electron chi connectivity index (χ3n) is 8.33. The largest absolute Gasteiger partial charge is 0.489 e. The van der Waals surface area contributed by atoms with Gasteiger partial charge in [-0.15, -0.1) is 0 Å². The SMILES string of the molecule is C[C@]1(C(N)=O)COc2c1cc([C@@](O)(CNC(=O)C1=C/C(=C/[NH2+]C(F)F)C(=N)C(OC3CC3)=C1)C1=CC1)nc2-c1cccc(Cl)c1F. The number of nitrogens with zero attached hydrogens (tertiary/aromatic N) is 1. The molecule has 2 amide bonds. The van der Waals surface area contributed by atoms with Crippen molar-refractivity contribution in [2.45, 2.75) is 49.9 Å². The summed E-state index contributed by atoms with van der Waals surface area (Å²) in [6.07, 6.45) is 7.24. The molecule has 1 saturated carbocycles. The molecule has 1 aromatic carbocycles.